The SMILES string of the molecule is Cn1cc(-c2ccc(N(C(=O)NCc3cccc(F)c3)C3CCC(Nc4ccc(C#N)cn4)CC3)cc2)cn1. The van der Waals surface area contributed by atoms with Gasteiger partial charge in [-0.25, -0.2) is 14.2 Å². The van der Waals surface area contributed by atoms with Crippen LogP contribution in [-0.4, -0.2) is 32.9 Å². The fraction of sp³-hybridized carbons (Fsp3) is 0.267. The first-order valence-corrected chi connectivity index (χ1v) is 13.0. The van der Waals surface area contributed by atoms with E-state index in [1.807, 2.05) is 54.7 Å². The second kappa shape index (κ2) is 11.8. The minimum atomic E-state index is -0.327. The van der Waals surface area contributed by atoms with Crippen LogP contribution in [-0.2, 0) is 13.6 Å². The zero-order chi connectivity index (χ0) is 27.2. The Kier molecular flexibility index (Phi) is 7.83. The van der Waals surface area contributed by atoms with E-state index in [0.29, 0.717) is 11.1 Å². The minimum absolute atomic E-state index is 0.00808. The molecule has 1 aliphatic carbocycles. The largest absolute Gasteiger partial charge is 0.367 e. The van der Waals surface area contributed by atoms with E-state index in [4.69, 9.17) is 5.26 Å². The lowest BCUT2D eigenvalue weighted by atomic mass is 9.89. The molecule has 0 bridgehead atoms. The second-order valence-electron chi connectivity index (χ2n) is 9.80. The zero-order valence-electron chi connectivity index (χ0n) is 21.7. The number of nitrogens with one attached hydrogen (secondary N) is 2. The van der Waals surface area contributed by atoms with E-state index in [1.165, 1.54) is 12.1 Å². The summed E-state index contributed by atoms with van der Waals surface area (Å²) in [6.45, 7) is 0.238. The molecule has 9 heteroatoms. The highest BCUT2D eigenvalue weighted by atomic mass is 19.1. The first-order valence-electron chi connectivity index (χ1n) is 13.0. The number of carbonyl (C=O) groups excluding carboxylic acids is 1. The standard InChI is InChI=1S/C30H30FN7O/c1-37-20-24(19-35-37)23-6-10-27(11-7-23)38(30(39)34-17-21-3-2-4-25(31)15-21)28-12-8-26(9-13-28)36-29-14-5-22(16-32)18-33-29/h2-7,10-11,14-15,18-20,26,28H,8-9,12-13,17H2,1H3,(H,33,36)(H,34,39). The van der Waals surface area contributed by atoms with Crippen molar-refractivity contribution in [2.45, 2.75) is 44.3 Å². The van der Waals surface area contributed by atoms with E-state index in [1.54, 1.807) is 29.1 Å². The predicted octanol–water partition coefficient (Wildman–Crippen LogP) is 5.63. The Labute approximate surface area is 227 Å². The molecule has 2 aromatic heterocycles. The van der Waals surface area contributed by atoms with Gasteiger partial charge in [0.15, 0.2) is 0 Å². The first-order chi connectivity index (χ1) is 19.0. The van der Waals surface area contributed by atoms with Crippen molar-refractivity contribution in [2.75, 3.05) is 10.2 Å². The van der Waals surface area contributed by atoms with Crippen LogP contribution in [0, 0.1) is 17.1 Å². The van der Waals surface area contributed by atoms with Crippen molar-refractivity contribution in [1.29, 1.82) is 5.26 Å². The average Bonchev–Trinajstić information content (AvgIpc) is 3.40. The molecule has 0 unspecified atom stereocenters. The number of benzene rings is 2. The zero-order valence-corrected chi connectivity index (χ0v) is 21.7. The van der Waals surface area contributed by atoms with Crippen LogP contribution in [0.3, 0.4) is 0 Å². The van der Waals surface area contributed by atoms with Gasteiger partial charge in [0, 0.05) is 49.3 Å². The molecule has 2 amide bonds. The predicted molar refractivity (Wildman–Crippen MR) is 148 cm³/mol. The molecule has 0 atom stereocenters. The second-order valence-corrected chi connectivity index (χ2v) is 9.80. The van der Waals surface area contributed by atoms with E-state index in [0.717, 1.165) is 48.3 Å². The van der Waals surface area contributed by atoms with E-state index in [2.05, 4.69) is 26.8 Å². The van der Waals surface area contributed by atoms with Crippen molar-refractivity contribution < 1.29 is 9.18 Å². The van der Waals surface area contributed by atoms with Crippen LogP contribution in [0.1, 0.15) is 36.8 Å². The van der Waals surface area contributed by atoms with Crippen LogP contribution in [0.2, 0.25) is 0 Å². The van der Waals surface area contributed by atoms with Crippen LogP contribution < -0.4 is 15.5 Å². The van der Waals surface area contributed by atoms with Crippen molar-refractivity contribution in [1.82, 2.24) is 20.1 Å². The maximum absolute atomic E-state index is 13.7. The van der Waals surface area contributed by atoms with Gasteiger partial charge in [0.1, 0.15) is 17.7 Å². The molecule has 0 spiro atoms. The highest BCUT2D eigenvalue weighted by Gasteiger charge is 2.30. The molecule has 4 aromatic rings. The van der Waals surface area contributed by atoms with Crippen molar-refractivity contribution in [3.05, 3.63) is 96.2 Å². The summed E-state index contributed by atoms with van der Waals surface area (Å²) in [5.41, 5.74) is 4.07. The summed E-state index contributed by atoms with van der Waals surface area (Å²) in [4.78, 5) is 19.7. The van der Waals surface area contributed by atoms with Gasteiger partial charge in [-0.3, -0.25) is 9.58 Å². The lowest BCUT2D eigenvalue weighted by Gasteiger charge is -2.37. The highest BCUT2D eigenvalue weighted by Crippen LogP contribution is 2.31. The van der Waals surface area contributed by atoms with E-state index in [9.17, 15) is 9.18 Å². The number of aryl methyl sites for hydroxylation is 1. The third-order valence-corrected chi connectivity index (χ3v) is 7.04. The number of anilines is 2. The summed E-state index contributed by atoms with van der Waals surface area (Å²) in [5.74, 6) is 0.417. The molecule has 39 heavy (non-hydrogen) atoms. The third-order valence-electron chi connectivity index (χ3n) is 7.04. The van der Waals surface area contributed by atoms with Crippen LogP contribution in [0.15, 0.2) is 79.3 Å². The van der Waals surface area contributed by atoms with Crippen LogP contribution in [0.25, 0.3) is 11.1 Å². The van der Waals surface area contributed by atoms with Gasteiger partial charge in [0.05, 0.1) is 11.8 Å². The molecule has 2 aromatic carbocycles. The molecule has 5 rings (SSSR count). The Morgan fingerprint density at radius 3 is 2.51 bits per heavy atom. The Hall–Kier alpha value is -4.71. The van der Waals surface area contributed by atoms with Gasteiger partial charge in [-0.05, 0) is 73.2 Å². The highest BCUT2D eigenvalue weighted by molar-refractivity contribution is 5.93. The van der Waals surface area contributed by atoms with Crippen LogP contribution >= 0.6 is 0 Å². The number of aromatic nitrogens is 3. The molecular weight excluding hydrogens is 493 g/mol. The number of hydrogen-bond acceptors (Lipinski definition) is 5. The summed E-state index contributed by atoms with van der Waals surface area (Å²) in [7, 11) is 1.88. The van der Waals surface area contributed by atoms with E-state index >= 15 is 0 Å². The number of halogens is 1. The van der Waals surface area contributed by atoms with Gasteiger partial charge >= 0.3 is 6.03 Å². The van der Waals surface area contributed by atoms with Gasteiger partial charge in [0.25, 0.3) is 0 Å². The molecule has 1 saturated carbocycles. The molecule has 1 fully saturated rings. The van der Waals surface area contributed by atoms with Gasteiger partial charge in [-0.2, -0.15) is 10.4 Å². The number of rotatable bonds is 7. The van der Waals surface area contributed by atoms with Crippen molar-refractivity contribution in [3.8, 4) is 17.2 Å². The monoisotopic (exact) mass is 523 g/mol. The number of pyridine rings is 1. The molecule has 0 radical (unpaired) electrons. The normalized spacial score (nSPS) is 16.7. The summed E-state index contributed by atoms with van der Waals surface area (Å²) < 4.78 is 15.4. The van der Waals surface area contributed by atoms with Crippen molar-refractivity contribution >= 4 is 17.5 Å². The summed E-state index contributed by atoms with van der Waals surface area (Å²) in [6, 6.07) is 19.9. The smallest absolute Gasteiger partial charge is 0.322 e. The number of nitrogens with zero attached hydrogens (tertiary/aromatic N) is 5. The van der Waals surface area contributed by atoms with Gasteiger partial charge in [-0.15, -0.1) is 0 Å². The van der Waals surface area contributed by atoms with Gasteiger partial charge in [0.2, 0.25) is 0 Å². The maximum Gasteiger partial charge on any atom is 0.322 e. The molecule has 2 N–H and O–H groups in total. The molecular formula is C30H30FN7O. The summed E-state index contributed by atoms with van der Waals surface area (Å²) >= 11 is 0. The lowest BCUT2D eigenvalue weighted by Crippen LogP contribution is -2.48. The van der Waals surface area contributed by atoms with E-state index in [-0.39, 0.29) is 30.5 Å². The van der Waals surface area contributed by atoms with Crippen molar-refractivity contribution in [3.63, 3.8) is 0 Å². The summed E-state index contributed by atoms with van der Waals surface area (Å²) in [5, 5.41) is 19.7. The van der Waals surface area contributed by atoms with Gasteiger partial charge < -0.3 is 10.6 Å². The van der Waals surface area contributed by atoms with Crippen LogP contribution in [0.4, 0.5) is 20.7 Å². The Morgan fingerprint density at radius 2 is 1.87 bits per heavy atom. The Balaban J connectivity index is 1.30. The first kappa shape index (κ1) is 25.9. The Morgan fingerprint density at radius 1 is 1.08 bits per heavy atom. The van der Waals surface area contributed by atoms with Crippen molar-refractivity contribution in [2.24, 2.45) is 7.05 Å². The fourth-order valence-corrected chi connectivity index (χ4v) is 5.02. The molecule has 1 aliphatic rings. The molecule has 0 aliphatic heterocycles. The maximum atomic E-state index is 13.7. The van der Waals surface area contributed by atoms with E-state index < -0.39 is 0 Å². The number of carbonyl (C=O) groups is 1. The number of amides is 2. The lowest BCUT2D eigenvalue weighted by molar-refractivity contribution is 0.240. The number of urea groups is 1. The Bertz CT molecular complexity index is 1450. The van der Waals surface area contributed by atoms with Gasteiger partial charge in [-0.1, -0.05) is 24.3 Å². The molecule has 2 heterocycles. The van der Waals surface area contributed by atoms with Crippen LogP contribution in [0.5, 0.6) is 0 Å². The fourth-order valence-electron chi connectivity index (χ4n) is 5.02. The molecule has 8 nitrogen and oxygen atoms in total. The average molecular weight is 524 g/mol. The number of hydrogen-bond donors (Lipinski definition) is 2. The quantitative estimate of drug-likeness (QED) is 0.327. The molecule has 0 saturated heterocycles. The molecule has 198 valence electrons. The summed E-state index contributed by atoms with van der Waals surface area (Å²) in [6.07, 6.45) is 8.69. The minimum Gasteiger partial charge on any atom is -0.367 e. The third kappa shape index (κ3) is 6.41. The topological polar surface area (TPSA) is 98.9 Å². The number of nitriles is 1.